The number of aryl methyl sites for hydroxylation is 1. The Balaban J connectivity index is 2.70. The van der Waals surface area contributed by atoms with E-state index in [2.05, 4.69) is 24.5 Å². The van der Waals surface area contributed by atoms with E-state index in [1.807, 2.05) is 10.8 Å². The minimum Gasteiger partial charge on any atom is -0.289 e. The Morgan fingerprint density at radius 1 is 1.75 bits per heavy atom. The first-order valence-corrected chi connectivity index (χ1v) is 4.86. The highest BCUT2D eigenvalue weighted by atomic mass is 32.1. The minimum absolute atomic E-state index is 0.568. The lowest BCUT2D eigenvalue weighted by atomic mass is 10.2. The highest BCUT2D eigenvalue weighted by molar-refractivity contribution is 8.11. The van der Waals surface area contributed by atoms with E-state index in [0.717, 1.165) is 18.7 Å². The molecule has 0 amide bonds. The molecule has 0 bridgehead atoms. The van der Waals surface area contributed by atoms with Gasteiger partial charge in [0.15, 0.2) is 0 Å². The third-order valence-electron chi connectivity index (χ3n) is 1.68. The summed E-state index contributed by atoms with van der Waals surface area (Å²) in [4.78, 5) is 4.20. The number of rotatable bonds is 3. The van der Waals surface area contributed by atoms with Crippen molar-refractivity contribution in [3.8, 4) is 0 Å². The summed E-state index contributed by atoms with van der Waals surface area (Å²) in [7, 11) is 0. The first-order valence-electron chi connectivity index (χ1n) is 4.01. The van der Waals surface area contributed by atoms with E-state index >= 15 is 0 Å². The summed E-state index contributed by atoms with van der Waals surface area (Å²) in [6.45, 7) is 2.16. The summed E-state index contributed by atoms with van der Waals surface area (Å²) < 4.78 is 2.41. The van der Waals surface area contributed by atoms with Gasteiger partial charge in [0.25, 0.3) is 0 Å². The van der Waals surface area contributed by atoms with E-state index in [1.54, 1.807) is 6.20 Å². The SMILES string of the molecule is CCCCc1nccn1C(=S)S. The molecule has 2 nitrogen and oxygen atoms in total. The molecule has 0 unspecified atom stereocenters. The Morgan fingerprint density at radius 2 is 2.50 bits per heavy atom. The second kappa shape index (κ2) is 4.62. The molecule has 1 heterocycles. The van der Waals surface area contributed by atoms with Gasteiger partial charge < -0.3 is 0 Å². The fraction of sp³-hybridized carbons (Fsp3) is 0.500. The van der Waals surface area contributed by atoms with Gasteiger partial charge in [0, 0.05) is 18.8 Å². The number of aromatic nitrogens is 2. The first-order chi connectivity index (χ1) is 5.75. The van der Waals surface area contributed by atoms with Gasteiger partial charge in [-0.25, -0.2) is 4.98 Å². The van der Waals surface area contributed by atoms with Crippen LogP contribution in [0.25, 0.3) is 0 Å². The molecule has 0 spiro atoms. The molecule has 0 aliphatic heterocycles. The zero-order valence-electron chi connectivity index (χ0n) is 7.03. The van der Waals surface area contributed by atoms with Crippen LogP contribution in [0.2, 0.25) is 0 Å². The van der Waals surface area contributed by atoms with Crippen LogP contribution in [0.1, 0.15) is 25.6 Å². The quantitative estimate of drug-likeness (QED) is 0.596. The highest BCUT2D eigenvalue weighted by Crippen LogP contribution is 2.04. The van der Waals surface area contributed by atoms with Gasteiger partial charge in [0.2, 0.25) is 0 Å². The van der Waals surface area contributed by atoms with Crippen LogP contribution in [-0.4, -0.2) is 13.9 Å². The maximum atomic E-state index is 4.94. The van der Waals surface area contributed by atoms with Crippen LogP contribution in [0.5, 0.6) is 0 Å². The standard InChI is InChI=1S/C8H12N2S2/c1-2-3-4-7-9-5-6-10(7)8(11)12/h5-6H,2-4H2,1H3,(H,11,12). The van der Waals surface area contributed by atoms with Crippen molar-refractivity contribution in [2.75, 3.05) is 0 Å². The van der Waals surface area contributed by atoms with Gasteiger partial charge >= 0.3 is 0 Å². The maximum Gasteiger partial charge on any atom is 0.142 e. The van der Waals surface area contributed by atoms with Crippen LogP contribution >= 0.6 is 24.8 Å². The van der Waals surface area contributed by atoms with Crippen LogP contribution in [0.3, 0.4) is 0 Å². The lowest BCUT2D eigenvalue weighted by molar-refractivity contribution is 0.750. The molecule has 12 heavy (non-hydrogen) atoms. The molecule has 0 fully saturated rings. The van der Waals surface area contributed by atoms with Gasteiger partial charge in [-0.15, -0.1) is 12.6 Å². The number of imidazole rings is 1. The Labute approximate surface area is 83.4 Å². The summed E-state index contributed by atoms with van der Waals surface area (Å²) in [6, 6.07) is 0. The average molecular weight is 200 g/mol. The predicted molar refractivity (Wildman–Crippen MR) is 57.8 cm³/mol. The van der Waals surface area contributed by atoms with E-state index in [9.17, 15) is 0 Å². The van der Waals surface area contributed by atoms with Gasteiger partial charge in [0.1, 0.15) is 10.1 Å². The van der Waals surface area contributed by atoms with E-state index in [-0.39, 0.29) is 0 Å². The van der Waals surface area contributed by atoms with E-state index in [0.29, 0.717) is 4.32 Å². The van der Waals surface area contributed by atoms with Gasteiger partial charge in [0.05, 0.1) is 0 Å². The molecule has 0 saturated heterocycles. The Kier molecular flexibility index (Phi) is 3.75. The molecule has 1 aromatic rings. The Morgan fingerprint density at radius 3 is 3.08 bits per heavy atom. The Hall–Kier alpha value is -0.350. The monoisotopic (exact) mass is 200 g/mol. The molecule has 0 saturated carbocycles. The number of hydrogen-bond acceptors (Lipinski definition) is 2. The van der Waals surface area contributed by atoms with Crippen molar-refractivity contribution in [3.63, 3.8) is 0 Å². The van der Waals surface area contributed by atoms with Crippen LogP contribution in [-0.2, 0) is 6.42 Å². The summed E-state index contributed by atoms with van der Waals surface area (Å²) in [5.74, 6) is 1.01. The van der Waals surface area contributed by atoms with Gasteiger partial charge in [-0.2, -0.15) is 0 Å². The number of hydrogen-bond donors (Lipinski definition) is 1. The van der Waals surface area contributed by atoms with Crippen LogP contribution in [0.4, 0.5) is 0 Å². The zero-order valence-corrected chi connectivity index (χ0v) is 8.74. The fourth-order valence-electron chi connectivity index (χ4n) is 1.03. The second-order valence-electron chi connectivity index (χ2n) is 2.60. The zero-order chi connectivity index (χ0) is 8.97. The second-order valence-corrected chi connectivity index (χ2v) is 3.71. The average Bonchev–Trinajstić information content (AvgIpc) is 2.48. The first kappa shape index (κ1) is 9.74. The summed E-state index contributed by atoms with van der Waals surface area (Å²) >= 11 is 9.04. The van der Waals surface area contributed by atoms with Crippen molar-refractivity contribution in [1.82, 2.24) is 9.55 Å². The smallest absolute Gasteiger partial charge is 0.142 e. The molecule has 4 heteroatoms. The molecular weight excluding hydrogens is 188 g/mol. The largest absolute Gasteiger partial charge is 0.289 e. The molecule has 0 radical (unpaired) electrons. The number of thiol groups is 1. The highest BCUT2D eigenvalue weighted by Gasteiger charge is 2.02. The molecule has 0 aromatic carbocycles. The third kappa shape index (κ3) is 2.32. The van der Waals surface area contributed by atoms with E-state index in [1.165, 1.54) is 6.42 Å². The molecule has 0 aliphatic rings. The molecule has 1 aromatic heterocycles. The van der Waals surface area contributed by atoms with Crippen LogP contribution in [0, 0.1) is 0 Å². The number of thiocarbonyl (C=S) groups is 1. The molecule has 66 valence electrons. The van der Waals surface area contributed by atoms with Crippen LogP contribution in [0.15, 0.2) is 12.4 Å². The molecule has 1 rings (SSSR count). The third-order valence-corrected chi connectivity index (χ3v) is 2.09. The molecule has 0 aliphatic carbocycles. The van der Waals surface area contributed by atoms with Crippen molar-refractivity contribution < 1.29 is 0 Å². The summed E-state index contributed by atoms with van der Waals surface area (Å²) in [5.41, 5.74) is 0. The van der Waals surface area contributed by atoms with Gasteiger partial charge in [-0.3, -0.25) is 4.57 Å². The lowest BCUT2D eigenvalue weighted by Gasteiger charge is -2.02. The van der Waals surface area contributed by atoms with Crippen LogP contribution < -0.4 is 0 Å². The van der Waals surface area contributed by atoms with Gasteiger partial charge in [-0.1, -0.05) is 25.6 Å². The van der Waals surface area contributed by atoms with Crippen molar-refractivity contribution in [2.45, 2.75) is 26.2 Å². The van der Waals surface area contributed by atoms with E-state index in [4.69, 9.17) is 12.2 Å². The predicted octanol–water partition coefficient (Wildman–Crippen LogP) is 2.29. The van der Waals surface area contributed by atoms with Gasteiger partial charge in [-0.05, 0) is 6.42 Å². The lowest BCUT2D eigenvalue weighted by Crippen LogP contribution is -2.05. The van der Waals surface area contributed by atoms with Crippen molar-refractivity contribution in [2.24, 2.45) is 0 Å². The molecule has 0 N–H and O–H groups in total. The number of nitrogens with zero attached hydrogens (tertiary/aromatic N) is 2. The minimum atomic E-state index is 0.568. The normalized spacial score (nSPS) is 10.2. The summed E-state index contributed by atoms with van der Waals surface area (Å²) in [5, 5.41) is 0. The fourth-order valence-corrected chi connectivity index (χ4v) is 1.38. The number of unbranched alkanes of at least 4 members (excludes halogenated alkanes) is 1. The molecule has 0 atom stereocenters. The topological polar surface area (TPSA) is 17.8 Å². The summed E-state index contributed by atoms with van der Waals surface area (Å²) in [6.07, 6.45) is 6.90. The van der Waals surface area contributed by atoms with Crippen molar-refractivity contribution in [3.05, 3.63) is 18.2 Å². The van der Waals surface area contributed by atoms with Crippen molar-refractivity contribution >= 4 is 29.2 Å². The molecular formula is C8H12N2S2. The Bertz CT molecular complexity index is 268. The van der Waals surface area contributed by atoms with E-state index < -0.39 is 0 Å². The maximum absolute atomic E-state index is 4.94. The van der Waals surface area contributed by atoms with Crippen molar-refractivity contribution in [1.29, 1.82) is 0 Å².